The van der Waals surface area contributed by atoms with Crippen molar-refractivity contribution in [3.05, 3.63) is 18.2 Å². The lowest BCUT2D eigenvalue weighted by Gasteiger charge is -2.07. The maximum Gasteiger partial charge on any atom is 0.240 e. The lowest BCUT2D eigenvalue weighted by Crippen LogP contribution is -2.32. The molecule has 0 amide bonds. The van der Waals surface area contributed by atoms with Crippen LogP contribution in [0.15, 0.2) is 23.1 Å². The highest BCUT2D eigenvalue weighted by Gasteiger charge is 2.20. The summed E-state index contributed by atoms with van der Waals surface area (Å²) >= 11 is 0. The summed E-state index contributed by atoms with van der Waals surface area (Å²) in [4.78, 5) is -0.0106. The van der Waals surface area contributed by atoms with E-state index in [1.807, 2.05) is 0 Å². The average Bonchev–Trinajstić information content (AvgIpc) is 2.85. The van der Waals surface area contributed by atoms with Gasteiger partial charge in [0.25, 0.3) is 0 Å². The number of benzene rings is 1. The fraction of sp³-hybridized carbons (Fsp3) is 0.400. The second kappa shape index (κ2) is 5.56. The van der Waals surface area contributed by atoms with Gasteiger partial charge in [-0.1, -0.05) is 0 Å². The van der Waals surface area contributed by atoms with Gasteiger partial charge in [-0.25, -0.2) is 26.3 Å². The third-order valence-electron chi connectivity index (χ3n) is 2.63. The predicted molar refractivity (Wildman–Crippen MR) is 70.6 cm³/mol. The predicted octanol–water partition coefficient (Wildman–Crippen LogP) is -0.757. The van der Waals surface area contributed by atoms with Gasteiger partial charge in [0.05, 0.1) is 10.6 Å². The van der Waals surface area contributed by atoms with Crippen molar-refractivity contribution in [2.24, 2.45) is 0 Å². The van der Waals surface area contributed by atoms with Gasteiger partial charge in [0, 0.05) is 12.6 Å². The van der Waals surface area contributed by atoms with Gasteiger partial charge < -0.3 is 9.47 Å². The molecule has 0 unspecified atom stereocenters. The lowest BCUT2D eigenvalue weighted by atomic mass is 10.3. The molecule has 0 spiro atoms. The molecule has 1 aliphatic heterocycles. The summed E-state index contributed by atoms with van der Waals surface area (Å²) in [5, 5.41) is 0. The van der Waals surface area contributed by atoms with Gasteiger partial charge in [-0.05, 0) is 19.2 Å². The Hall–Kier alpha value is -1.36. The second-order valence-electron chi connectivity index (χ2n) is 3.94. The van der Waals surface area contributed by atoms with E-state index >= 15 is 0 Å². The number of fused-ring (bicyclic) bond motifs is 1. The number of hydrogen-bond donors (Lipinski definition) is 2. The largest absolute Gasteiger partial charge is 0.454 e. The van der Waals surface area contributed by atoms with Crippen molar-refractivity contribution in [2.75, 3.05) is 26.1 Å². The number of rotatable bonds is 6. The zero-order chi connectivity index (χ0) is 14.8. The van der Waals surface area contributed by atoms with E-state index in [9.17, 15) is 16.8 Å². The van der Waals surface area contributed by atoms with E-state index in [0.717, 1.165) is 0 Å². The monoisotopic (exact) mass is 322 g/mol. The van der Waals surface area contributed by atoms with E-state index in [4.69, 9.17) is 9.47 Å². The Kier molecular flexibility index (Phi) is 4.18. The van der Waals surface area contributed by atoms with Crippen molar-refractivity contribution >= 4 is 20.0 Å². The van der Waals surface area contributed by atoms with Crippen molar-refractivity contribution in [3.8, 4) is 11.5 Å². The molecule has 20 heavy (non-hydrogen) atoms. The average molecular weight is 322 g/mol. The normalized spacial score (nSPS) is 14.4. The van der Waals surface area contributed by atoms with Crippen LogP contribution in [0.2, 0.25) is 0 Å². The molecule has 10 heteroatoms. The molecule has 0 aliphatic carbocycles. The molecular formula is C10H14N2O6S2. The van der Waals surface area contributed by atoms with E-state index in [1.165, 1.54) is 25.2 Å². The first-order chi connectivity index (χ1) is 9.34. The van der Waals surface area contributed by atoms with Crippen LogP contribution >= 0.6 is 0 Å². The first kappa shape index (κ1) is 15.0. The van der Waals surface area contributed by atoms with Crippen LogP contribution in [-0.2, 0) is 20.0 Å². The Morgan fingerprint density at radius 2 is 1.85 bits per heavy atom. The topological polar surface area (TPSA) is 111 Å². The van der Waals surface area contributed by atoms with E-state index in [1.54, 1.807) is 0 Å². The van der Waals surface area contributed by atoms with Crippen molar-refractivity contribution in [1.82, 2.24) is 9.44 Å². The van der Waals surface area contributed by atoms with E-state index < -0.39 is 20.0 Å². The Morgan fingerprint density at radius 3 is 2.55 bits per heavy atom. The van der Waals surface area contributed by atoms with E-state index in [2.05, 4.69) is 9.44 Å². The van der Waals surface area contributed by atoms with Crippen LogP contribution in [0.4, 0.5) is 0 Å². The van der Waals surface area contributed by atoms with Crippen molar-refractivity contribution < 1.29 is 26.3 Å². The highest BCUT2D eigenvalue weighted by atomic mass is 32.2. The van der Waals surface area contributed by atoms with Crippen molar-refractivity contribution in [2.45, 2.75) is 4.90 Å². The lowest BCUT2D eigenvalue weighted by molar-refractivity contribution is 0.174. The third-order valence-corrected chi connectivity index (χ3v) is 5.45. The van der Waals surface area contributed by atoms with E-state index in [0.29, 0.717) is 11.5 Å². The minimum absolute atomic E-state index is 0.0106. The highest BCUT2D eigenvalue weighted by molar-refractivity contribution is 7.90. The quantitative estimate of drug-likeness (QED) is 0.712. The molecular weight excluding hydrogens is 308 g/mol. The minimum Gasteiger partial charge on any atom is -0.454 e. The number of hydrogen-bond acceptors (Lipinski definition) is 6. The smallest absolute Gasteiger partial charge is 0.240 e. The van der Waals surface area contributed by atoms with Gasteiger partial charge in [0.15, 0.2) is 11.5 Å². The van der Waals surface area contributed by atoms with Crippen LogP contribution in [-0.4, -0.2) is 43.0 Å². The van der Waals surface area contributed by atoms with Crippen molar-refractivity contribution in [1.29, 1.82) is 0 Å². The molecule has 0 atom stereocenters. The molecule has 0 bridgehead atoms. The van der Waals surface area contributed by atoms with Gasteiger partial charge >= 0.3 is 0 Å². The first-order valence-electron chi connectivity index (χ1n) is 5.64. The molecule has 1 aliphatic rings. The van der Waals surface area contributed by atoms with Crippen molar-refractivity contribution in [3.63, 3.8) is 0 Å². The molecule has 112 valence electrons. The van der Waals surface area contributed by atoms with Gasteiger partial charge in [-0.3, -0.25) is 0 Å². The van der Waals surface area contributed by atoms with Crippen LogP contribution in [0.25, 0.3) is 0 Å². The summed E-state index contributed by atoms with van der Waals surface area (Å²) < 4.78 is 60.8. The highest BCUT2D eigenvalue weighted by Crippen LogP contribution is 2.33. The molecule has 0 aromatic heterocycles. The number of ether oxygens (including phenoxy) is 2. The molecule has 2 rings (SSSR count). The van der Waals surface area contributed by atoms with E-state index in [-0.39, 0.29) is 24.0 Å². The van der Waals surface area contributed by atoms with Crippen LogP contribution in [0.1, 0.15) is 0 Å². The summed E-state index contributed by atoms with van der Waals surface area (Å²) in [7, 11) is -5.98. The molecule has 1 heterocycles. The summed E-state index contributed by atoms with van der Waals surface area (Å²) in [5.74, 6) is 0.477. The second-order valence-corrected chi connectivity index (χ2v) is 7.75. The third kappa shape index (κ3) is 3.39. The molecule has 2 N–H and O–H groups in total. The van der Waals surface area contributed by atoms with Gasteiger partial charge in [0.1, 0.15) is 0 Å². The molecule has 1 aromatic rings. The Morgan fingerprint density at radius 1 is 1.15 bits per heavy atom. The Balaban J connectivity index is 2.07. The van der Waals surface area contributed by atoms with Crippen LogP contribution < -0.4 is 18.9 Å². The van der Waals surface area contributed by atoms with Gasteiger partial charge in [-0.15, -0.1) is 0 Å². The van der Waals surface area contributed by atoms with Crippen LogP contribution in [0.3, 0.4) is 0 Å². The number of nitrogens with one attached hydrogen (secondary N) is 2. The summed E-state index contributed by atoms with van der Waals surface area (Å²) in [6, 6.07) is 4.18. The molecule has 0 radical (unpaired) electrons. The maximum atomic E-state index is 12.0. The summed E-state index contributed by atoms with van der Waals surface area (Å²) in [6.07, 6.45) is 0. The molecule has 8 nitrogen and oxygen atoms in total. The maximum absolute atomic E-state index is 12.0. The Bertz CT molecular complexity index is 698. The van der Waals surface area contributed by atoms with Gasteiger partial charge in [-0.2, -0.15) is 0 Å². The molecule has 0 fully saturated rings. The minimum atomic E-state index is -3.79. The zero-order valence-corrected chi connectivity index (χ0v) is 12.3. The molecule has 0 saturated heterocycles. The summed E-state index contributed by atoms with van der Waals surface area (Å²) in [5.41, 5.74) is 0. The summed E-state index contributed by atoms with van der Waals surface area (Å²) in [6.45, 7) is -0.174. The van der Waals surface area contributed by atoms with Crippen LogP contribution in [0.5, 0.6) is 11.5 Å². The number of sulfonamides is 2. The fourth-order valence-electron chi connectivity index (χ4n) is 1.54. The molecule has 1 aromatic carbocycles. The SMILES string of the molecule is CNS(=O)(=O)CCNS(=O)(=O)c1ccc2c(c1)OCO2. The van der Waals surface area contributed by atoms with Crippen LogP contribution in [0, 0.1) is 0 Å². The fourth-order valence-corrected chi connectivity index (χ4v) is 3.29. The van der Waals surface area contributed by atoms with Gasteiger partial charge in [0.2, 0.25) is 26.8 Å². The first-order valence-corrected chi connectivity index (χ1v) is 8.78. The standard InChI is InChI=1S/C10H14N2O6S2/c1-11-19(13,14)5-4-12-20(15,16)8-2-3-9-10(6-8)18-7-17-9/h2-3,6,11-12H,4-5,7H2,1H3. The zero-order valence-electron chi connectivity index (χ0n) is 10.6. The Labute approximate surface area is 117 Å². The molecule has 0 saturated carbocycles.